The maximum Gasteiger partial charge on any atom is 0.0273 e. The molecule has 0 aliphatic rings. The van der Waals surface area contributed by atoms with E-state index in [0.717, 1.165) is 6.42 Å². The van der Waals surface area contributed by atoms with Gasteiger partial charge in [0.1, 0.15) is 0 Å². The van der Waals surface area contributed by atoms with E-state index in [4.69, 9.17) is 0 Å². The zero-order valence-electron chi connectivity index (χ0n) is 5.85. The van der Waals surface area contributed by atoms with Crippen LogP contribution in [0.25, 0.3) is 0 Å². The van der Waals surface area contributed by atoms with Gasteiger partial charge in [0.25, 0.3) is 0 Å². The minimum atomic E-state index is 1.16. The highest BCUT2D eigenvalue weighted by molar-refractivity contribution is 5.56. The van der Waals surface area contributed by atoms with Crippen molar-refractivity contribution in [2.45, 2.75) is 32.6 Å². The highest BCUT2D eigenvalue weighted by atomic mass is 14.6. The average Bonchev–Trinajstić information content (AvgIpc) is 1.81. The monoisotopic (exact) mass is 113 g/mol. The Morgan fingerprint density at radius 2 is 2.12 bits per heavy atom. The molecule has 0 aliphatic carbocycles. The van der Waals surface area contributed by atoms with Crippen molar-refractivity contribution in [3.63, 3.8) is 0 Å². The molecule has 0 bridgehead atoms. The predicted molar refractivity (Wildman–Crippen MR) is 38.6 cm³/mol. The van der Waals surface area contributed by atoms with E-state index in [0.29, 0.717) is 0 Å². The summed E-state index contributed by atoms with van der Waals surface area (Å²) < 4.78 is 0. The fourth-order valence-electron chi connectivity index (χ4n) is 0.615. The van der Waals surface area contributed by atoms with Crippen LogP contribution in [0.1, 0.15) is 32.6 Å². The second kappa shape index (κ2) is 6.67. The molecule has 0 spiro atoms. The van der Waals surface area contributed by atoms with E-state index >= 15 is 0 Å². The third-order valence-electron chi connectivity index (χ3n) is 1.12. The standard InChI is InChI=1S/C7H15N/c1-3-4-5-6-7-8-2/h7H,3-6H2,1-2H3/b8-7-. The summed E-state index contributed by atoms with van der Waals surface area (Å²) in [5.41, 5.74) is 0. The van der Waals surface area contributed by atoms with Crippen molar-refractivity contribution in [3.8, 4) is 0 Å². The summed E-state index contributed by atoms with van der Waals surface area (Å²) in [6, 6.07) is 0. The lowest BCUT2D eigenvalue weighted by atomic mass is 10.2. The molecule has 0 rings (SSSR count). The van der Waals surface area contributed by atoms with Gasteiger partial charge >= 0.3 is 0 Å². The summed E-state index contributed by atoms with van der Waals surface area (Å²) in [6.07, 6.45) is 7.08. The molecule has 0 saturated heterocycles. The fraction of sp³-hybridized carbons (Fsp3) is 0.857. The summed E-state index contributed by atoms with van der Waals surface area (Å²) >= 11 is 0. The average molecular weight is 113 g/mol. The van der Waals surface area contributed by atoms with E-state index in [-0.39, 0.29) is 0 Å². The molecule has 0 unspecified atom stereocenters. The Morgan fingerprint density at radius 1 is 1.38 bits per heavy atom. The van der Waals surface area contributed by atoms with Crippen molar-refractivity contribution < 1.29 is 0 Å². The number of rotatable bonds is 4. The Labute approximate surface area is 51.8 Å². The molecule has 8 heavy (non-hydrogen) atoms. The van der Waals surface area contributed by atoms with Crippen LogP contribution in [0.3, 0.4) is 0 Å². The minimum Gasteiger partial charge on any atom is -0.301 e. The lowest BCUT2D eigenvalue weighted by molar-refractivity contribution is 0.746. The Kier molecular flexibility index (Phi) is 6.39. The van der Waals surface area contributed by atoms with Gasteiger partial charge in [0, 0.05) is 7.05 Å². The first kappa shape index (κ1) is 7.67. The molecule has 1 heteroatoms. The molecule has 0 fully saturated rings. The van der Waals surface area contributed by atoms with Gasteiger partial charge in [-0.05, 0) is 19.1 Å². The molecule has 0 aromatic rings. The van der Waals surface area contributed by atoms with E-state index in [1.807, 2.05) is 13.3 Å². The van der Waals surface area contributed by atoms with Crippen LogP contribution in [0.2, 0.25) is 0 Å². The van der Waals surface area contributed by atoms with E-state index in [2.05, 4.69) is 11.9 Å². The van der Waals surface area contributed by atoms with Crippen molar-refractivity contribution in [3.05, 3.63) is 0 Å². The smallest absolute Gasteiger partial charge is 0.0273 e. The van der Waals surface area contributed by atoms with Gasteiger partial charge in [0.15, 0.2) is 0 Å². The van der Waals surface area contributed by atoms with E-state index in [9.17, 15) is 0 Å². The topological polar surface area (TPSA) is 12.4 Å². The van der Waals surface area contributed by atoms with Crippen molar-refractivity contribution in [1.29, 1.82) is 0 Å². The Bertz CT molecular complexity index is 57.4. The highest BCUT2D eigenvalue weighted by Gasteiger charge is 1.79. The molecule has 0 radical (unpaired) electrons. The number of nitrogens with zero attached hydrogens (tertiary/aromatic N) is 1. The molecule has 1 nitrogen and oxygen atoms in total. The molecular weight excluding hydrogens is 98.1 g/mol. The van der Waals surface area contributed by atoms with E-state index < -0.39 is 0 Å². The minimum absolute atomic E-state index is 1.16. The van der Waals surface area contributed by atoms with Crippen LogP contribution in [0.4, 0.5) is 0 Å². The SMILES string of the molecule is CCCCC/C=N\C. The van der Waals surface area contributed by atoms with Gasteiger partial charge < -0.3 is 4.99 Å². The van der Waals surface area contributed by atoms with Crippen molar-refractivity contribution in [2.24, 2.45) is 4.99 Å². The van der Waals surface area contributed by atoms with Crippen LogP contribution < -0.4 is 0 Å². The van der Waals surface area contributed by atoms with Crippen molar-refractivity contribution in [2.75, 3.05) is 7.05 Å². The molecule has 0 aliphatic heterocycles. The Morgan fingerprint density at radius 3 is 2.62 bits per heavy atom. The van der Waals surface area contributed by atoms with Gasteiger partial charge in [-0.15, -0.1) is 0 Å². The van der Waals surface area contributed by atoms with Gasteiger partial charge in [-0.3, -0.25) is 0 Å². The van der Waals surface area contributed by atoms with Gasteiger partial charge in [0.05, 0.1) is 0 Å². The van der Waals surface area contributed by atoms with Crippen LogP contribution in [0.15, 0.2) is 4.99 Å². The Balaban J connectivity index is 2.72. The maximum atomic E-state index is 3.88. The summed E-state index contributed by atoms with van der Waals surface area (Å²) in [5, 5.41) is 0. The first-order valence-corrected chi connectivity index (χ1v) is 3.32. The number of hydrogen-bond acceptors (Lipinski definition) is 1. The zero-order chi connectivity index (χ0) is 6.24. The molecule has 48 valence electrons. The third kappa shape index (κ3) is 5.67. The maximum absolute atomic E-state index is 3.88. The van der Waals surface area contributed by atoms with Crippen molar-refractivity contribution >= 4 is 6.21 Å². The largest absolute Gasteiger partial charge is 0.301 e. The molecule has 0 N–H and O–H groups in total. The van der Waals surface area contributed by atoms with Gasteiger partial charge in [-0.25, -0.2) is 0 Å². The predicted octanol–water partition coefficient (Wildman–Crippen LogP) is 2.27. The van der Waals surface area contributed by atoms with E-state index in [1.165, 1.54) is 19.3 Å². The molecule has 0 heterocycles. The lowest BCUT2D eigenvalue weighted by Crippen LogP contribution is -1.75. The second-order valence-corrected chi connectivity index (χ2v) is 1.94. The van der Waals surface area contributed by atoms with E-state index in [1.54, 1.807) is 0 Å². The number of unbranched alkanes of at least 4 members (excludes halogenated alkanes) is 3. The second-order valence-electron chi connectivity index (χ2n) is 1.94. The summed E-state index contributed by atoms with van der Waals surface area (Å²) in [4.78, 5) is 3.88. The molecule has 0 aromatic carbocycles. The highest BCUT2D eigenvalue weighted by Crippen LogP contribution is 1.95. The van der Waals surface area contributed by atoms with Crippen LogP contribution in [0, 0.1) is 0 Å². The van der Waals surface area contributed by atoms with Crippen LogP contribution >= 0.6 is 0 Å². The quantitative estimate of drug-likeness (QED) is 0.391. The first-order valence-electron chi connectivity index (χ1n) is 3.32. The van der Waals surface area contributed by atoms with Crippen LogP contribution in [-0.2, 0) is 0 Å². The number of aliphatic imine (C=N–C) groups is 1. The Hall–Kier alpha value is -0.330. The zero-order valence-corrected chi connectivity index (χ0v) is 5.85. The molecular formula is C7H15N. The van der Waals surface area contributed by atoms with Crippen molar-refractivity contribution in [1.82, 2.24) is 0 Å². The number of hydrogen-bond donors (Lipinski definition) is 0. The van der Waals surface area contributed by atoms with Gasteiger partial charge in [-0.1, -0.05) is 19.8 Å². The summed E-state index contributed by atoms with van der Waals surface area (Å²) in [5.74, 6) is 0. The normalized spacial score (nSPS) is 10.8. The molecule has 0 saturated carbocycles. The lowest BCUT2D eigenvalue weighted by Gasteiger charge is -1.88. The summed E-state index contributed by atoms with van der Waals surface area (Å²) in [6.45, 7) is 2.21. The molecule has 0 atom stereocenters. The molecule has 0 amide bonds. The third-order valence-corrected chi connectivity index (χ3v) is 1.12. The first-order chi connectivity index (χ1) is 3.91. The van der Waals surface area contributed by atoms with Gasteiger partial charge in [0.2, 0.25) is 0 Å². The van der Waals surface area contributed by atoms with Crippen LogP contribution in [-0.4, -0.2) is 13.3 Å². The van der Waals surface area contributed by atoms with Crippen LogP contribution in [0.5, 0.6) is 0 Å². The molecule has 0 aromatic heterocycles. The fourth-order valence-corrected chi connectivity index (χ4v) is 0.615. The summed E-state index contributed by atoms with van der Waals surface area (Å²) in [7, 11) is 1.83. The van der Waals surface area contributed by atoms with Gasteiger partial charge in [-0.2, -0.15) is 0 Å².